The molecule has 0 aromatic heterocycles. The summed E-state index contributed by atoms with van der Waals surface area (Å²) in [5.74, 6) is 1.96. The van der Waals surface area contributed by atoms with Crippen LogP contribution in [-0.2, 0) is 4.79 Å². The van der Waals surface area contributed by atoms with Gasteiger partial charge in [0.15, 0.2) is 0 Å². The topological polar surface area (TPSA) is 49.3 Å². The number of carbonyl (C=O) groups excluding carboxylic acids is 1. The number of aliphatic hydroxyl groups excluding tert-OH is 1. The highest BCUT2D eigenvalue weighted by molar-refractivity contribution is 5.82. The molecule has 20 heavy (non-hydrogen) atoms. The maximum atomic E-state index is 12.3. The molecular formula is C17H23NO2. The van der Waals surface area contributed by atoms with Gasteiger partial charge in [0.2, 0.25) is 5.91 Å². The van der Waals surface area contributed by atoms with E-state index in [1.54, 1.807) is 0 Å². The van der Waals surface area contributed by atoms with Crippen molar-refractivity contribution in [3.05, 3.63) is 35.9 Å². The smallest absolute Gasteiger partial charge is 0.223 e. The van der Waals surface area contributed by atoms with Gasteiger partial charge in [-0.1, -0.05) is 30.3 Å². The average molecular weight is 273 g/mol. The lowest BCUT2D eigenvalue weighted by molar-refractivity contribution is -0.123. The second-order valence-corrected chi connectivity index (χ2v) is 6.18. The first-order valence-corrected chi connectivity index (χ1v) is 7.75. The van der Waals surface area contributed by atoms with Gasteiger partial charge in [-0.15, -0.1) is 0 Å². The van der Waals surface area contributed by atoms with E-state index in [9.17, 15) is 4.79 Å². The molecule has 0 heterocycles. The Hall–Kier alpha value is -1.35. The summed E-state index contributed by atoms with van der Waals surface area (Å²) >= 11 is 0. The van der Waals surface area contributed by atoms with Gasteiger partial charge < -0.3 is 10.4 Å². The molecule has 1 amide bonds. The second kappa shape index (κ2) is 5.96. The van der Waals surface area contributed by atoms with E-state index in [-0.39, 0.29) is 24.5 Å². The van der Waals surface area contributed by atoms with Crippen molar-refractivity contribution in [1.29, 1.82) is 0 Å². The predicted molar refractivity (Wildman–Crippen MR) is 78.0 cm³/mol. The lowest BCUT2D eigenvalue weighted by atomic mass is 10.0. The van der Waals surface area contributed by atoms with E-state index in [1.807, 2.05) is 30.3 Å². The third-order valence-electron chi connectivity index (χ3n) is 4.57. The number of hydrogen-bond acceptors (Lipinski definition) is 2. The molecule has 1 aromatic carbocycles. The molecule has 3 heteroatoms. The van der Waals surface area contributed by atoms with Crippen molar-refractivity contribution in [3.63, 3.8) is 0 Å². The zero-order valence-electron chi connectivity index (χ0n) is 11.8. The second-order valence-electron chi connectivity index (χ2n) is 6.18. The monoisotopic (exact) mass is 273 g/mol. The molecule has 2 fully saturated rings. The van der Waals surface area contributed by atoms with Crippen LogP contribution >= 0.6 is 0 Å². The van der Waals surface area contributed by atoms with Crippen LogP contribution in [0, 0.1) is 17.8 Å². The van der Waals surface area contributed by atoms with Crippen LogP contribution in [-0.4, -0.2) is 17.6 Å². The van der Waals surface area contributed by atoms with Crippen LogP contribution in [0.5, 0.6) is 0 Å². The van der Waals surface area contributed by atoms with Crippen molar-refractivity contribution >= 4 is 5.91 Å². The van der Waals surface area contributed by atoms with Crippen LogP contribution in [0.1, 0.15) is 43.7 Å². The summed E-state index contributed by atoms with van der Waals surface area (Å²) in [5, 5.41) is 12.2. The number of benzene rings is 1. The fourth-order valence-corrected chi connectivity index (χ4v) is 3.14. The molecule has 2 saturated carbocycles. The van der Waals surface area contributed by atoms with Crippen LogP contribution in [0.3, 0.4) is 0 Å². The standard InChI is InChI=1S/C17H23NO2/c19-10-4-7-16(13-5-2-1-3-6-13)18-17(20)15-11-14(15)12-8-9-12/h1-3,5-6,12,14-16,19H,4,7-11H2,(H,18,20). The molecule has 0 radical (unpaired) electrons. The number of rotatable bonds is 7. The summed E-state index contributed by atoms with van der Waals surface area (Å²) in [5.41, 5.74) is 1.14. The Balaban J connectivity index is 1.59. The van der Waals surface area contributed by atoms with Gasteiger partial charge in [-0.25, -0.2) is 0 Å². The molecule has 2 N–H and O–H groups in total. The molecule has 3 atom stereocenters. The molecule has 0 aliphatic heterocycles. The van der Waals surface area contributed by atoms with Gasteiger partial charge in [0.05, 0.1) is 6.04 Å². The molecular weight excluding hydrogens is 250 g/mol. The van der Waals surface area contributed by atoms with Crippen molar-refractivity contribution < 1.29 is 9.90 Å². The van der Waals surface area contributed by atoms with Gasteiger partial charge in [-0.05, 0) is 49.5 Å². The number of carbonyl (C=O) groups is 1. The van der Waals surface area contributed by atoms with Gasteiger partial charge in [-0.2, -0.15) is 0 Å². The minimum atomic E-state index is 0.0382. The number of nitrogens with one attached hydrogen (secondary N) is 1. The van der Waals surface area contributed by atoms with Crippen LogP contribution in [0.25, 0.3) is 0 Å². The molecule has 108 valence electrons. The normalized spacial score (nSPS) is 26.1. The summed E-state index contributed by atoms with van der Waals surface area (Å²) in [4.78, 5) is 12.3. The summed E-state index contributed by atoms with van der Waals surface area (Å²) in [6.07, 6.45) is 5.24. The van der Waals surface area contributed by atoms with Crippen molar-refractivity contribution in [3.8, 4) is 0 Å². The fraction of sp³-hybridized carbons (Fsp3) is 0.588. The van der Waals surface area contributed by atoms with E-state index in [0.717, 1.165) is 30.7 Å². The van der Waals surface area contributed by atoms with Gasteiger partial charge in [0.1, 0.15) is 0 Å². The quantitative estimate of drug-likeness (QED) is 0.802. The van der Waals surface area contributed by atoms with E-state index < -0.39 is 0 Å². The maximum absolute atomic E-state index is 12.3. The lowest BCUT2D eigenvalue weighted by Crippen LogP contribution is -2.30. The number of hydrogen-bond donors (Lipinski definition) is 2. The summed E-state index contributed by atoms with van der Waals surface area (Å²) < 4.78 is 0. The fourth-order valence-electron chi connectivity index (χ4n) is 3.14. The van der Waals surface area contributed by atoms with E-state index in [0.29, 0.717) is 5.92 Å². The molecule has 2 aliphatic rings. The Labute approximate surface area is 120 Å². The van der Waals surface area contributed by atoms with E-state index in [1.165, 1.54) is 12.8 Å². The molecule has 3 nitrogen and oxygen atoms in total. The lowest BCUT2D eigenvalue weighted by Gasteiger charge is -2.19. The molecule has 0 bridgehead atoms. The SMILES string of the molecule is O=C(NC(CCCO)c1ccccc1)C1CC1C1CC1. The van der Waals surface area contributed by atoms with Crippen molar-refractivity contribution in [2.45, 2.75) is 38.1 Å². The predicted octanol–water partition coefficient (Wildman–Crippen LogP) is 2.66. The Morgan fingerprint density at radius 3 is 2.70 bits per heavy atom. The van der Waals surface area contributed by atoms with Crippen molar-refractivity contribution in [1.82, 2.24) is 5.32 Å². The molecule has 0 spiro atoms. The minimum Gasteiger partial charge on any atom is -0.396 e. The van der Waals surface area contributed by atoms with Crippen molar-refractivity contribution in [2.75, 3.05) is 6.61 Å². The summed E-state index contributed by atoms with van der Waals surface area (Å²) in [6.45, 7) is 0.174. The van der Waals surface area contributed by atoms with Crippen LogP contribution in [0.4, 0.5) is 0 Å². The number of aliphatic hydroxyl groups is 1. The first-order chi connectivity index (χ1) is 9.79. The first kappa shape index (κ1) is 13.6. The number of amides is 1. The molecule has 3 rings (SSSR count). The van der Waals surface area contributed by atoms with Gasteiger partial charge in [-0.3, -0.25) is 4.79 Å². The molecule has 3 unspecified atom stereocenters. The Kier molecular flexibility index (Phi) is 4.06. The zero-order chi connectivity index (χ0) is 13.9. The summed E-state index contributed by atoms with van der Waals surface area (Å²) in [7, 11) is 0. The van der Waals surface area contributed by atoms with Crippen LogP contribution in [0.15, 0.2) is 30.3 Å². The maximum Gasteiger partial charge on any atom is 0.223 e. The van der Waals surface area contributed by atoms with E-state index in [4.69, 9.17) is 5.11 Å². The minimum absolute atomic E-state index is 0.0382. The molecule has 1 aromatic rings. The van der Waals surface area contributed by atoms with Gasteiger partial charge in [0, 0.05) is 12.5 Å². The third-order valence-corrected chi connectivity index (χ3v) is 4.57. The largest absolute Gasteiger partial charge is 0.396 e. The van der Waals surface area contributed by atoms with Crippen LogP contribution < -0.4 is 5.32 Å². The van der Waals surface area contributed by atoms with Gasteiger partial charge in [0.25, 0.3) is 0 Å². The molecule has 0 saturated heterocycles. The van der Waals surface area contributed by atoms with Crippen LogP contribution in [0.2, 0.25) is 0 Å². The highest BCUT2D eigenvalue weighted by Crippen LogP contribution is 2.54. The highest BCUT2D eigenvalue weighted by Gasteiger charge is 2.51. The first-order valence-electron chi connectivity index (χ1n) is 7.75. The Morgan fingerprint density at radius 1 is 1.30 bits per heavy atom. The average Bonchev–Trinajstić information content (AvgIpc) is 3.35. The van der Waals surface area contributed by atoms with Crippen molar-refractivity contribution in [2.24, 2.45) is 17.8 Å². The highest BCUT2D eigenvalue weighted by atomic mass is 16.3. The molecule has 2 aliphatic carbocycles. The Bertz CT molecular complexity index is 455. The summed E-state index contributed by atoms with van der Waals surface area (Å²) in [6, 6.07) is 10.1. The Morgan fingerprint density at radius 2 is 2.05 bits per heavy atom. The van der Waals surface area contributed by atoms with E-state index >= 15 is 0 Å². The van der Waals surface area contributed by atoms with E-state index in [2.05, 4.69) is 5.32 Å². The zero-order valence-corrected chi connectivity index (χ0v) is 11.8. The van der Waals surface area contributed by atoms with Gasteiger partial charge >= 0.3 is 0 Å². The third kappa shape index (κ3) is 3.21.